The van der Waals surface area contributed by atoms with Crippen molar-refractivity contribution in [3.63, 3.8) is 0 Å². The summed E-state index contributed by atoms with van der Waals surface area (Å²) in [5, 5.41) is 2.85. The molecule has 0 radical (unpaired) electrons. The molecule has 0 spiro atoms. The molecule has 192 valence electrons. The molecule has 1 unspecified atom stereocenters. The predicted molar refractivity (Wildman–Crippen MR) is 134 cm³/mol. The van der Waals surface area contributed by atoms with Crippen molar-refractivity contribution in [1.29, 1.82) is 0 Å². The van der Waals surface area contributed by atoms with Crippen molar-refractivity contribution in [3.8, 4) is 5.75 Å². The Hall–Kier alpha value is -3.14. The van der Waals surface area contributed by atoms with Crippen molar-refractivity contribution >= 4 is 27.5 Å². The highest BCUT2D eigenvalue weighted by atomic mass is 32.2. The molecule has 0 aliphatic rings. The number of benzene rings is 2. The average Bonchev–Trinajstić information content (AvgIpc) is 2.83. The molecule has 2 aromatic carbocycles. The van der Waals surface area contributed by atoms with Gasteiger partial charge >= 0.3 is 0 Å². The minimum atomic E-state index is -3.84. The van der Waals surface area contributed by atoms with Gasteiger partial charge in [0.1, 0.15) is 24.2 Å². The normalized spacial score (nSPS) is 12.0. The minimum absolute atomic E-state index is 0.0224. The summed E-state index contributed by atoms with van der Waals surface area (Å²) in [4.78, 5) is 27.9. The van der Waals surface area contributed by atoms with E-state index in [1.54, 1.807) is 25.1 Å². The topological polar surface area (TPSA) is 96.0 Å². The maximum atomic E-state index is 13.6. The summed E-state index contributed by atoms with van der Waals surface area (Å²) in [6.45, 7) is 3.78. The van der Waals surface area contributed by atoms with E-state index in [4.69, 9.17) is 4.74 Å². The second kappa shape index (κ2) is 13.1. The molecule has 1 atom stereocenters. The first-order valence-electron chi connectivity index (χ1n) is 11.5. The molecular weight excluding hydrogens is 473 g/mol. The Morgan fingerprint density at radius 3 is 2.37 bits per heavy atom. The molecule has 0 aliphatic heterocycles. The van der Waals surface area contributed by atoms with Crippen LogP contribution in [0, 0.1) is 5.82 Å². The molecule has 0 bridgehead atoms. The van der Waals surface area contributed by atoms with E-state index >= 15 is 0 Å². The van der Waals surface area contributed by atoms with Crippen LogP contribution in [0.5, 0.6) is 5.75 Å². The smallest absolute Gasteiger partial charge is 0.244 e. The number of sulfonamides is 1. The highest BCUT2D eigenvalue weighted by molar-refractivity contribution is 7.92. The van der Waals surface area contributed by atoms with Gasteiger partial charge in [-0.15, -0.1) is 0 Å². The van der Waals surface area contributed by atoms with Crippen LogP contribution in [0.15, 0.2) is 48.5 Å². The lowest BCUT2D eigenvalue weighted by Crippen LogP contribution is -2.52. The van der Waals surface area contributed by atoms with Gasteiger partial charge in [-0.3, -0.25) is 13.9 Å². The Morgan fingerprint density at radius 1 is 1.11 bits per heavy atom. The van der Waals surface area contributed by atoms with E-state index in [1.807, 2.05) is 6.92 Å². The lowest BCUT2D eigenvalue weighted by Gasteiger charge is -2.33. The first-order chi connectivity index (χ1) is 16.6. The molecule has 8 nitrogen and oxygen atoms in total. The highest BCUT2D eigenvalue weighted by Crippen LogP contribution is 2.24. The average molecular weight is 508 g/mol. The Bertz CT molecular complexity index is 1090. The van der Waals surface area contributed by atoms with E-state index in [2.05, 4.69) is 5.32 Å². The predicted octanol–water partition coefficient (Wildman–Crippen LogP) is 3.32. The quantitative estimate of drug-likeness (QED) is 0.420. The summed E-state index contributed by atoms with van der Waals surface area (Å²) >= 11 is 0. The van der Waals surface area contributed by atoms with Gasteiger partial charge < -0.3 is 15.0 Å². The van der Waals surface area contributed by atoms with E-state index < -0.39 is 34.3 Å². The standard InChI is InChI=1S/C25H34FN3O5S/c1-5-7-15-27-25(31)23(6-2)28(17-19-11-13-20(26)14-12-19)24(30)18-29(35(4,32)33)21-9-8-10-22(16-21)34-3/h8-14,16,23H,5-7,15,17-18H2,1-4H3,(H,27,31). The number of unbranched alkanes of at least 4 members (excludes halogenated alkanes) is 1. The van der Waals surface area contributed by atoms with E-state index in [0.29, 0.717) is 24.3 Å². The number of methoxy groups -OCH3 is 1. The summed E-state index contributed by atoms with van der Waals surface area (Å²) in [7, 11) is -2.38. The Kier molecular flexibility index (Phi) is 10.5. The monoisotopic (exact) mass is 507 g/mol. The molecule has 0 saturated heterocycles. The van der Waals surface area contributed by atoms with Crippen LogP contribution in [0.2, 0.25) is 0 Å². The fourth-order valence-electron chi connectivity index (χ4n) is 3.59. The van der Waals surface area contributed by atoms with Crippen molar-refractivity contribution in [1.82, 2.24) is 10.2 Å². The van der Waals surface area contributed by atoms with Gasteiger partial charge in [-0.25, -0.2) is 12.8 Å². The van der Waals surface area contributed by atoms with Crippen LogP contribution in [0.25, 0.3) is 0 Å². The zero-order valence-corrected chi connectivity index (χ0v) is 21.5. The first kappa shape index (κ1) is 28.1. The van der Waals surface area contributed by atoms with Crippen molar-refractivity contribution in [3.05, 3.63) is 59.9 Å². The zero-order chi connectivity index (χ0) is 26.0. The Labute approximate surface area is 207 Å². The zero-order valence-electron chi connectivity index (χ0n) is 20.7. The molecule has 0 heterocycles. The number of carbonyl (C=O) groups is 2. The van der Waals surface area contributed by atoms with E-state index in [0.717, 1.165) is 23.4 Å². The van der Waals surface area contributed by atoms with Crippen LogP contribution >= 0.6 is 0 Å². The summed E-state index contributed by atoms with van der Waals surface area (Å²) < 4.78 is 44.9. The van der Waals surface area contributed by atoms with Gasteiger partial charge in [0.25, 0.3) is 0 Å². The number of nitrogens with zero attached hydrogens (tertiary/aromatic N) is 2. The Morgan fingerprint density at radius 2 is 1.80 bits per heavy atom. The van der Waals surface area contributed by atoms with Gasteiger partial charge in [-0.05, 0) is 42.7 Å². The molecule has 0 fully saturated rings. The molecule has 35 heavy (non-hydrogen) atoms. The van der Waals surface area contributed by atoms with Crippen molar-refractivity contribution in [2.45, 2.75) is 45.7 Å². The second-order valence-corrected chi connectivity index (χ2v) is 10.1. The lowest BCUT2D eigenvalue weighted by molar-refractivity contribution is -0.140. The fourth-order valence-corrected chi connectivity index (χ4v) is 4.43. The fraction of sp³-hybridized carbons (Fsp3) is 0.440. The number of anilines is 1. The molecule has 0 saturated carbocycles. The van der Waals surface area contributed by atoms with E-state index in [1.165, 1.54) is 42.3 Å². The minimum Gasteiger partial charge on any atom is -0.497 e. The van der Waals surface area contributed by atoms with Crippen LogP contribution < -0.4 is 14.4 Å². The first-order valence-corrected chi connectivity index (χ1v) is 13.4. The van der Waals surface area contributed by atoms with Gasteiger partial charge in [-0.1, -0.05) is 38.5 Å². The summed E-state index contributed by atoms with van der Waals surface area (Å²) in [5.41, 5.74) is 0.884. The van der Waals surface area contributed by atoms with Gasteiger partial charge in [0.15, 0.2) is 0 Å². The molecule has 2 rings (SSSR count). The van der Waals surface area contributed by atoms with Crippen molar-refractivity contribution in [2.24, 2.45) is 0 Å². The molecule has 0 aromatic heterocycles. The van der Waals surface area contributed by atoms with Crippen LogP contribution in [-0.4, -0.2) is 57.6 Å². The molecule has 10 heteroatoms. The molecular formula is C25H34FN3O5S. The maximum absolute atomic E-state index is 13.6. The molecule has 2 amide bonds. The number of amides is 2. The van der Waals surface area contributed by atoms with Crippen molar-refractivity contribution in [2.75, 3.05) is 30.8 Å². The summed E-state index contributed by atoms with van der Waals surface area (Å²) in [6.07, 6.45) is 3.03. The van der Waals surface area contributed by atoms with Gasteiger partial charge in [0.05, 0.1) is 19.1 Å². The molecule has 0 aliphatic carbocycles. The Balaban J connectivity index is 2.40. The maximum Gasteiger partial charge on any atom is 0.244 e. The van der Waals surface area contributed by atoms with E-state index in [-0.39, 0.29) is 18.1 Å². The van der Waals surface area contributed by atoms with Crippen molar-refractivity contribution < 1.29 is 27.1 Å². The number of carbonyl (C=O) groups excluding carboxylic acids is 2. The third-order valence-electron chi connectivity index (χ3n) is 5.50. The molecule has 2 aromatic rings. The molecule has 1 N–H and O–H groups in total. The lowest BCUT2D eigenvalue weighted by atomic mass is 10.1. The van der Waals surface area contributed by atoms with Gasteiger partial charge in [-0.2, -0.15) is 0 Å². The van der Waals surface area contributed by atoms with Gasteiger partial charge in [0.2, 0.25) is 21.8 Å². The number of hydrogen-bond donors (Lipinski definition) is 1. The van der Waals surface area contributed by atoms with Gasteiger partial charge in [0, 0.05) is 19.2 Å². The third-order valence-corrected chi connectivity index (χ3v) is 6.64. The third kappa shape index (κ3) is 8.24. The second-order valence-electron chi connectivity index (χ2n) is 8.19. The number of nitrogens with one attached hydrogen (secondary N) is 1. The van der Waals surface area contributed by atoms with Crippen LogP contribution in [-0.2, 0) is 26.2 Å². The number of halogens is 1. The summed E-state index contributed by atoms with van der Waals surface area (Å²) in [6, 6.07) is 11.2. The van der Waals surface area contributed by atoms with E-state index in [9.17, 15) is 22.4 Å². The number of hydrogen-bond acceptors (Lipinski definition) is 5. The SMILES string of the molecule is CCCCNC(=O)C(CC)N(Cc1ccc(F)cc1)C(=O)CN(c1cccc(OC)c1)S(C)(=O)=O. The number of ether oxygens (including phenoxy) is 1. The largest absolute Gasteiger partial charge is 0.497 e. The van der Waals surface area contributed by atoms with Crippen LogP contribution in [0.1, 0.15) is 38.7 Å². The van der Waals surface area contributed by atoms with Crippen LogP contribution in [0.3, 0.4) is 0 Å². The highest BCUT2D eigenvalue weighted by Gasteiger charge is 2.31. The number of rotatable bonds is 13. The summed E-state index contributed by atoms with van der Waals surface area (Å²) in [5.74, 6) is -0.852. The van der Waals surface area contributed by atoms with Crippen LogP contribution in [0.4, 0.5) is 10.1 Å².